The molecule has 13 heteroatoms. The third-order valence-electron chi connectivity index (χ3n) is 4.97. The van der Waals surface area contributed by atoms with E-state index >= 15 is 0 Å². The minimum atomic E-state index is -0.333. The van der Waals surface area contributed by atoms with Gasteiger partial charge < -0.3 is 25.3 Å². The average molecular weight is 625 g/mol. The molecule has 2 heterocycles. The van der Waals surface area contributed by atoms with Crippen molar-refractivity contribution >= 4 is 60.3 Å². The van der Waals surface area contributed by atoms with E-state index in [9.17, 15) is 14.4 Å². The lowest BCUT2D eigenvalue weighted by molar-refractivity contribution is -0.117. The molecule has 0 spiro atoms. The smallest absolute Gasteiger partial charge is 0.260 e. The molecular weight excluding hydrogens is 580 g/mol. The molecular formula is C29H45BCl2N5O5. The second-order valence-corrected chi connectivity index (χ2v) is 8.46. The van der Waals surface area contributed by atoms with Gasteiger partial charge in [-0.1, -0.05) is 58.3 Å². The van der Waals surface area contributed by atoms with Crippen LogP contribution >= 0.6 is 23.2 Å². The zero-order valence-corrected chi connectivity index (χ0v) is 26.9. The Kier molecular flexibility index (Phi) is 22.9. The van der Waals surface area contributed by atoms with Crippen LogP contribution < -0.4 is 26.1 Å². The number of aromatic nitrogens is 3. The van der Waals surface area contributed by atoms with Crippen molar-refractivity contribution in [3.63, 3.8) is 0 Å². The van der Waals surface area contributed by atoms with E-state index in [0.29, 0.717) is 60.0 Å². The van der Waals surface area contributed by atoms with E-state index in [1.807, 2.05) is 34.6 Å². The maximum atomic E-state index is 13.4. The number of methoxy groups -OCH3 is 2. The highest BCUT2D eigenvalue weighted by molar-refractivity contribution is 6.41. The van der Waals surface area contributed by atoms with Crippen molar-refractivity contribution in [1.29, 1.82) is 0 Å². The number of halogens is 2. The molecule has 0 unspecified atom stereocenters. The van der Waals surface area contributed by atoms with Gasteiger partial charge in [0.25, 0.3) is 5.56 Å². The van der Waals surface area contributed by atoms with Gasteiger partial charge in [-0.15, -0.1) is 0 Å². The molecule has 0 aliphatic heterocycles. The Morgan fingerprint density at radius 2 is 1.52 bits per heavy atom. The molecule has 3 aromatic rings. The number of primary amides is 1. The van der Waals surface area contributed by atoms with Gasteiger partial charge in [0.1, 0.15) is 22.9 Å². The molecule has 233 valence electrons. The number of aryl methyl sites for hydroxylation is 1. The number of hydrogen-bond donors (Lipinski definition) is 2. The van der Waals surface area contributed by atoms with Crippen molar-refractivity contribution in [3.05, 3.63) is 38.7 Å². The summed E-state index contributed by atoms with van der Waals surface area (Å²) in [6.45, 7) is 13.6. The molecule has 0 atom stereocenters. The highest BCUT2D eigenvalue weighted by atomic mass is 35.5. The normalized spacial score (nSPS) is 9.21. The predicted octanol–water partition coefficient (Wildman–Crippen LogP) is 6.38. The fourth-order valence-corrected chi connectivity index (χ4v) is 4.08. The zero-order valence-electron chi connectivity index (χ0n) is 25.4. The van der Waals surface area contributed by atoms with Gasteiger partial charge in [0, 0.05) is 58.1 Å². The number of pyridine rings is 1. The number of hydrogen-bond acceptors (Lipinski definition) is 8. The largest absolute Gasteiger partial charge is 0.495 e. The molecule has 0 bridgehead atoms. The number of rotatable bonds is 9. The van der Waals surface area contributed by atoms with E-state index in [-0.39, 0.29) is 48.7 Å². The number of carbonyl (C=O) groups is 2. The van der Waals surface area contributed by atoms with Crippen molar-refractivity contribution < 1.29 is 19.1 Å². The number of amides is 1. The lowest BCUT2D eigenvalue weighted by Crippen LogP contribution is -2.23. The molecule has 2 aromatic heterocycles. The minimum Gasteiger partial charge on any atom is -0.495 e. The maximum Gasteiger partial charge on any atom is 0.260 e. The first-order valence-corrected chi connectivity index (χ1v) is 13.8. The van der Waals surface area contributed by atoms with E-state index in [0.717, 1.165) is 0 Å². The first kappa shape index (κ1) is 43.2. The summed E-state index contributed by atoms with van der Waals surface area (Å²) < 4.78 is 12.2. The Labute approximate surface area is 261 Å². The second-order valence-electron chi connectivity index (χ2n) is 7.71. The van der Waals surface area contributed by atoms with Crippen LogP contribution in [0.15, 0.2) is 23.1 Å². The van der Waals surface area contributed by atoms with E-state index in [2.05, 4.69) is 21.0 Å². The van der Waals surface area contributed by atoms with Gasteiger partial charge in [-0.2, -0.15) is 4.98 Å². The summed E-state index contributed by atoms with van der Waals surface area (Å²) in [6.07, 6.45) is 2.78. The van der Waals surface area contributed by atoms with E-state index < -0.39 is 0 Å². The third-order valence-corrected chi connectivity index (χ3v) is 5.73. The summed E-state index contributed by atoms with van der Waals surface area (Å²) in [6, 6.07) is 3.23. The van der Waals surface area contributed by atoms with Crippen LogP contribution in [-0.4, -0.2) is 55.4 Å². The third kappa shape index (κ3) is 11.9. The molecule has 1 aromatic carbocycles. The summed E-state index contributed by atoms with van der Waals surface area (Å²) in [5.74, 6) is 0.859. The Morgan fingerprint density at radius 3 is 1.95 bits per heavy atom. The van der Waals surface area contributed by atoms with Gasteiger partial charge in [0.2, 0.25) is 11.9 Å². The summed E-state index contributed by atoms with van der Waals surface area (Å²) in [5, 5.41) is 4.16. The number of nitrogens with one attached hydrogen (secondary N) is 1. The SMILES string of the molecule is C.CC.CC.CC(N)=O.CCn1c(=O)c(-c2c(Cl)c(OC)cc(OC)c2Cl)cc2cnc(NCCCC(C)=O)nc21.[B]. The number of ether oxygens (including phenoxy) is 2. The van der Waals surface area contributed by atoms with Gasteiger partial charge in [-0.25, -0.2) is 4.98 Å². The van der Waals surface area contributed by atoms with Crippen molar-refractivity contribution in [2.45, 2.75) is 75.3 Å². The second kappa shape index (κ2) is 22.3. The first-order chi connectivity index (χ1) is 19.0. The Balaban J connectivity index is -0.00000138. The number of nitrogens with zero attached hydrogens (tertiary/aromatic N) is 3. The molecule has 0 saturated carbocycles. The fourth-order valence-electron chi connectivity index (χ4n) is 3.38. The average Bonchev–Trinajstić information content (AvgIpc) is 2.93. The van der Waals surface area contributed by atoms with Crippen LogP contribution in [0.3, 0.4) is 0 Å². The van der Waals surface area contributed by atoms with Crippen molar-refractivity contribution in [2.24, 2.45) is 5.73 Å². The highest BCUT2D eigenvalue weighted by Gasteiger charge is 2.23. The van der Waals surface area contributed by atoms with Crippen LogP contribution in [0.1, 0.15) is 68.7 Å². The van der Waals surface area contributed by atoms with Crippen molar-refractivity contribution in [3.8, 4) is 22.6 Å². The zero-order chi connectivity index (χ0) is 31.0. The monoisotopic (exact) mass is 624 g/mol. The van der Waals surface area contributed by atoms with E-state index in [1.165, 1.54) is 25.7 Å². The number of fused-ring (bicyclic) bond motifs is 1. The van der Waals surface area contributed by atoms with Gasteiger partial charge in [0.15, 0.2) is 0 Å². The number of benzene rings is 1. The lowest BCUT2D eigenvalue weighted by Gasteiger charge is -2.16. The van der Waals surface area contributed by atoms with Crippen LogP contribution in [-0.2, 0) is 16.1 Å². The molecule has 0 aliphatic carbocycles. The topological polar surface area (TPSA) is 138 Å². The Morgan fingerprint density at radius 1 is 1.02 bits per heavy atom. The van der Waals surface area contributed by atoms with Crippen LogP contribution in [0.25, 0.3) is 22.2 Å². The minimum absolute atomic E-state index is 0. The van der Waals surface area contributed by atoms with Crippen LogP contribution in [0.4, 0.5) is 5.95 Å². The van der Waals surface area contributed by atoms with E-state index in [1.54, 1.807) is 25.3 Å². The van der Waals surface area contributed by atoms with Gasteiger partial charge in [-0.05, 0) is 26.3 Å². The summed E-state index contributed by atoms with van der Waals surface area (Å²) in [7, 11) is 2.95. The molecule has 0 saturated heterocycles. The summed E-state index contributed by atoms with van der Waals surface area (Å²) >= 11 is 13.1. The van der Waals surface area contributed by atoms with Crippen LogP contribution in [0.2, 0.25) is 10.0 Å². The fraction of sp³-hybridized carbons (Fsp3) is 0.483. The number of carbonyl (C=O) groups excluding carboxylic acids is 2. The number of anilines is 1. The molecule has 3 radical (unpaired) electrons. The molecule has 42 heavy (non-hydrogen) atoms. The first-order valence-electron chi connectivity index (χ1n) is 13.1. The van der Waals surface area contributed by atoms with Crippen molar-refractivity contribution in [1.82, 2.24) is 14.5 Å². The molecule has 3 rings (SSSR count). The van der Waals surface area contributed by atoms with Crippen LogP contribution in [0.5, 0.6) is 11.5 Å². The standard InChI is InChI=1S/C22H24Cl2N4O4.C2H5NO.2C2H6.CH4.B/c1-5-28-20-13(11-26-22(27-20)25-8-6-7-12(2)29)9-14(21(28)30)17-18(23)15(31-3)10-16(32-4)19(17)24;1-2(3)4;2*1-2;;/h9-11H,5-8H2,1-4H3,(H,25,26,27);1H3,(H2,3,4);2*1-2H3;1H4;. The van der Waals surface area contributed by atoms with Gasteiger partial charge in [0.05, 0.1) is 29.8 Å². The van der Waals surface area contributed by atoms with Crippen LogP contribution in [0, 0.1) is 0 Å². The summed E-state index contributed by atoms with van der Waals surface area (Å²) in [4.78, 5) is 42.6. The molecule has 1 amide bonds. The number of nitrogens with two attached hydrogens (primary N) is 1. The highest BCUT2D eigenvalue weighted by Crippen LogP contribution is 2.45. The van der Waals surface area contributed by atoms with Gasteiger partial charge in [-0.3, -0.25) is 14.2 Å². The molecule has 10 nitrogen and oxygen atoms in total. The maximum absolute atomic E-state index is 13.4. The summed E-state index contributed by atoms with van der Waals surface area (Å²) in [5.41, 5.74) is 5.26. The number of ketones is 1. The Bertz CT molecular complexity index is 1300. The predicted molar refractivity (Wildman–Crippen MR) is 176 cm³/mol. The van der Waals surface area contributed by atoms with Crippen molar-refractivity contribution in [2.75, 3.05) is 26.1 Å². The van der Waals surface area contributed by atoms with E-state index in [4.69, 9.17) is 32.7 Å². The van der Waals surface area contributed by atoms with Gasteiger partial charge >= 0.3 is 0 Å². The number of Topliss-reactive ketones (excluding diaryl/α,β-unsaturated/α-hetero) is 1. The molecule has 0 aliphatic rings. The molecule has 3 N–H and O–H groups in total. The Hall–Kier alpha value is -3.31. The lowest BCUT2D eigenvalue weighted by atomic mass is 10.0. The quantitative estimate of drug-likeness (QED) is 0.206. The molecule has 0 fully saturated rings.